The zero-order chi connectivity index (χ0) is 13.0. The molecule has 1 aromatic carbocycles. The van der Waals surface area contributed by atoms with E-state index >= 15 is 0 Å². The second-order valence-electron chi connectivity index (χ2n) is 3.98. The Morgan fingerprint density at radius 2 is 2.18 bits per heavy atom. The van der Waals surface area contributed by atoms with Crippen molar-refractivity contribution in [1.82, 2.24) is 4.90 Å². The molecule has 0 aliphatic carbocycles. The van der Waals surface area contributed by atoms with Gasteiger partial charge < -0.3 is 9.84 Å². The number of carboxylic acids is 1. The minimum atomic E-state index is -0.864. The highest BCUT2D eigenvalue weighted by molar-refractivity contribution is 6.30. The maximum Gasteiger partial charge on any atom is 0.321 e. The van der Waals surface area contributed by atoms with Crippen molar-refractivity contribution < 1.29 is 14.6 Å². The molecular formula is C12H16ClNO3. The Labute approximate surface area is 106 Å². The number of benzene rings is 1. The van der Waals surface area contributed by atoms with Crippen LogP contribution in [0.3, 0.4) is 0 Å². The van der Waals surface area contributed by atoms with Crippen molar-refractivity contribution in [3.8, 4) is 5.75 Å². The third-order valence-corrected chi connectivity index (χ3v) is 2.80. The van der Waals surface area contributed by atoms with Crippen LogP contribution in [0.4, 0.5) is 0 Å². The van der Waals surface area contributed by atoms with Crippen LogP contribution in [0.25, 0.3) is 0 Å². The van der Waals surface area contributed by atoms with Crippen molar-refractivity contribution in [3.63, 3.8) is 0 Å². The Kier molecular flexibility index (Phi) is 4.78. The van der Waals surface area contributed by atoms with Gasteiger partial charge in [0.15, 0.2) is 0 Å². The van der Waals surface area contributed by atoms with E-state index < -0.39 is 12.0 Å². The highest BCUT2D eigenvalue weighted by atomic mass is 35.5. The second-order valence-corrected chi connectivity index (χ2v) is 4.41. The molecule has 17 heavy (non-hydrogen) atoms. The van der Waals surface area contributed by atoms with Crippen LogP contribution in [-0.2, 0) is 11.2 Å². The van der Waals surface area contributed by atoms with Crippen molar-refractivity contribution in [2.24, 2.45) is 0 Å². The molecule has 1 aromatic rings. The molecule has 1 atom stereocenters. The summed E-state index contributed by atoms with van der Waals surface area (Å²) in [5.41, 5.74) is 0.793. The van der Waals surface area contributed by atoms with Gasteiger partial charge in [-0.05, 0) is 37.9 Å². The molecule has 0 heterocycles. The number of rotatable bonds is 5. The summed E-state index contributed by atoms with van der Waals surface area (Å²) in [5.74, 6) is -0.209. The van der Waals surface area contributed by atoms with Gasteiger partial charge in [-0.3, -0.25) is 9.69 Å². The van der Waals surface area contributed by atoms with Crippen LogP contribution >= 0.6 is 11.6 Å². The predicted octanol–water partition coefficient (Wildman–Crippen LogP) is 1.91. The second kappa shape index (κ2) is 5.89. The van der Waals surface area contributed by atoms with E-state index in [-0.39, 0.29) is 0 Å². The van der Waals surface area contributed by atoms with Gasteiger partial charge >= 0.3 is 5.97 Å². The molecule has 0 fully saturated rings. The average Bonchev–Trinajstić information content (AvgIpc) is 2.25. The monoisotopic (exact) mass is 257 g/mol. The van der Waals surface area contributed by atoms with E-state index in [0.29, 0.717) is 17.2 Å². The van der Waals surface area contributed by atoms with E-state index in [4.69, 9.17) is 21.4 Å². The van der Waals surface area contributed by atoms with Crippen LogP contribution in [0.1, 0.15) is 5.56 Å². The molecule has 4 nitrogen and oxygen atoms in total. The van der Waals surface area contributed by atoms with Gasteiger partial charge in [-0.1, -0.05) is 11.6 Å². The zero-order valence-electron chi connectivity index (χ0n) is 10.1. The molecule has 0 spiro atoms. The predicted molar refractivity (Wildman–Crippen MR) is 66.8 cm³/mol. The molecule has 0 aromatic heterocycles. The third-order valence-electron chi connectivity index (χ3n) is 2.56. The highest BCUT2D eigenvalue weighted by Gasteiger charge is 2.21. The van der Waals surface area contributed by atoms with Crippen molar-refractivity contribution in [1.29, 1.82) is 0 Å². The fraction of sp³-hybridized carbons (Fsp3) is 0.417. The number of halogens is 1. The fourth-order valence-electron chi connectivity index (χ4n) is 1.61. The van der Waals surface area contributed by atoms with Crippen molar-refractivity contribution in [2.75, 3.05) is 21.2 Å². The van der Waals surface area contributed by atoms with E-state index in [1.165, 1.54) is 0 Å². The summed E-state index contributed by atoms with van der Waals surface area (Å²) >= 11 is 5.90. The van der Waals surface area contributed by atoms with E-state index in [1.54, 1.807) is 44.3 Å². The molecule has 0 amide bonds. The average molecular weight is 258 g/mol. The highest BCUT2D eigenvalue weighted by Crippen LogP contribution is 2.24. The Morgan fingerprint density at radius 3 is 2.65 bits per heavy atom. The first-order valence-corrected chi connectivity index (χ1v) is 5.55. The number of ether oxygens (including phenoxy) is 1. The smallest absolute Gasteiger partial charge is 0.321 e. The van der Waals surface area contributed by atoms with Gasteiger partial charge in [0.2, 0.25) is 0 Å². The molecule has 0 bridgehead atoms. The maximum atomic E-state index is 11.1. The Bertz CT molecular complexity index is 407. The molecule has 94 valence electrons. The molecule has 5 heteroatoms. The summed E-state index contributed by atoms with van der Waals surface area (Å²) in [5, 5.41) is 9.70. The fourth-order valence-corrected chi connectivity index (χ4v) is 1.80. The molecule has 0 aliphatic rings. The lowest BCUT2D eigenvalue weighted by molar-refractivity contribution is -0.142. The van der Waals surface area contributed by atoms with Gasteiger partial charge in [-0.2, -0.15) is 0 Å². The number of aliphatic carboxylic acids is 1. The minimum absolute atomic E-state index is 0.353. The van der Waals surface area contributed by atoms with Crippen LogP contribution in [-0.4, -0.2) is 43.2 Å². The van der Waals surface area contributed by atoms with Crippen molar-refractivity contribution in [3.05, 3.63) is 28.8 Å². The minimum Gasteiger partial charge on any atom is -0.496 e. The molecule has 0 saturated carbocycles. The molecule has 1 N–H and O–H groups in total. The van der Waals surface area contributed by atoms with Gasteiger partial charge in [0.1, 0.15) is 11.8 Å². The molecule has 0 saturated heterocycles. The number of nitrogens with zero attached hydrogens (tertiary/aromatic N) is 1. The third kappa shape index (κ3) is 3.61. The molecule has 0 aliphatic heterocycles. The zero-order valence-corrected chi connectivity index (χ0v) is 10.9. The molecular weight excluding hydrogens is 242 g/mol. The standard InChI is InChI=1S/C12H16ClNO3/c1-14(2)10(12(15)16)7-8-6-9(13)4-5-11(8)17-3/h4-6,10H,7H2,1-3H3,(H,15,16)/t10-/m0/s1. The lowest BCUT2D eigenvalue weighted by Crippen LogP contribution is -2.37. The number of hydrogen-bond acceptors (Lipinski definition) is 3. The summed E-state index contributed by atoms with van der Waals surface area (Å²) in [4.78, 5) is 12.8. The van der Waals surface area contributed by atoms with Gasteiger partial charge in [0, 0.05) is 11.4 Å². The SMILES string of the molecule is COc1ccc(Cl)cc1C[C@@H](C(=O)O)N(C)C. The van der Waals surface area contributed by atoms with Crippen LogP contribution < -0.4 is 4.74 Å². The Balaban J connectivity index is 2.99. The summed E-state index contributed by atoms with van der Waals surface area (Å²) in [6.07, 6.45) is 0.353. The Hall–Kier alpha value is -1.26. The molecule has 0 radical (unpaired) electrons. The van der Waals surface area contributed by atoms with Crippen LogP contribution in [0.15, 0.2) is 18.2 Å². The van der Waals surface area contributed by atoms with E-state index in [0.717, 1.165) is 5.56 Å². The van der Waals surface area contributed by atoms with Gasteiger partial charge in [-0.25, -0.2) is 0 Å². The topological polar surface area (TPSA) is 49.8 Å². The van der Waals surface area contributed by atoms with E-state index in [9.17, 15) is 4.79 Å². The Morgan fingerprint density at radius 1 is 1.53 bits per heavy atom. The number of carboxylic acid groups (broad SMARTS) is 1. The largest absolute Gasteiger partial charge is 0.496 e. The molecule has 1 rings (SSSR count). The van der Waals surface area contributed by atoms with Crippen molar-refractivity contribution >= 4 is 17.6 Å². The van der Waals surface area contributed by atoms with Gasteiger partial charge in [0.25, 0.3) is 0 Å². The summed E-state index contributed by atoms with van der Waals surface area (Å²) in [6.45, 7) is 0. The first kappa shape index (κ1) is 13.8. The summed E-state index contributed by atoms with van der Waals surface area (Å²) < 4.78 is 5.19. The number of hydrogen-bond donors (Lipinski definition) is 1. The first-order valence-electron chi connectivity index (χ1n) is 5.17. The van der Waals surface area contributed by atoms with Gasteiger partial charge in [0.05, 0.1) is 7.11 Å². The lowest BCUT2D eigenvalue weighted by Gasteiger charge is -2.21. The van der Waals surface area contributed by atoms with Crippen LogP contribution in [0.5, 0.6) is 5.75 Å². The lowest BCUT2D eigenvalue weighted by atomic mass is 10.0. The van der Waals surface area contributed by atoms with Crippen LogP contribution in [0, 0.1) is 0 Å². The quantitative estimate of drug-likeness (QED) is 0.875. The first-order chi connectivity index (χ1) is 7.95. The summed E-state index contributed by atoms with van der Waals surface area (Å²) in [7, 11) is 5.02. The summed E-state index contributed by atoms with van der Waals surface area (Å²) in [6, 6.07) is 4.60. The van der Waals surface area contributed by atoms with E-state index in [1.807, 2.05) is 0 Å². The normalized spacial score (nSPS) is 12.5. The number of carbonyl (C=O) groups is 1. The van der Waals surface area contributed by atoms with Crippen LogP contribution in [0.2, 0.25) is 5.02 Å². The number of likely N-dealkylation sites (N-methyl/N-ethyl adjacent to an activating group) is 1. The van der Waals surface area contributed by atoms with Crippen molar-refractivity contribution in [2.45, 2.75) is 12.5 Å². The van der Waals surface area contributed by atoms with Gasteiger partial charge in [-0.15, -0.1) is 0 Å². The maximum absolute atomic E-state index is 11.1. The van der Waals surface area contributed by atoms with E-state index in [2.05, 4.69) is 0 Å². The molecule has 0 unspecified atom stereocenters. The number of methoxy groups -OCH3 is 1.